The fourth-order valence-corrected chi connectivity index (χ4v) is 3.83. The number of rotatable bonds is 3. The highest BCUT2D eigenvalue weighted by molar-refractivity contribution is 7.05. The van der Waals surface area contributed by atoms with Crippen LogP contribution in [0, 0.1) is 0 Å². The van der Waals surface area contributed by atoms with Crippen molar-refractivity contribution in [3.63, 3.8) is 0 Å². The van der Waals surface area contributed by atoms with Crippen molar-refractivity contribution in [2.75, 3.05) is 5.32 Å². The van der Waals surface area contributed by atoms with Crippen LogP contribution in [0.3, 0.4) is 0 Å². The number of benzene rings is 1. The molecule has 0 radical (unpaired) electrons. The smallest absolute Gasteiger partial charge is 0.338 e. The first kappa shape index (κ1) is 15.8. The molecule has 1 atom stereocenters. The van der Waals surface area contributed by atoms with E-state index in [0.717, 1.165) is 27.6 Å². The van der Waals surface area contributed by atoms with E-state index in [1.807, 2.05) is 55.7 Å². The number of carbonyl (C=O) groups is 1. The Morgan fingerprint density at radius 3 is 2.84 bits per heavy atom. The molecule has 0 fully saturated rings. The third kappa shape index (κ3) is 2.60. The molecule has 25 heavy (non-hydrogen) atoms. The topological polar surface area (TPSA) is 69.0 Å². The molecule has 6 nitrogen and oxygen atoms in total. The van der Waals surface area contributed by atoms with E-state index in [0.29, 0.717) is 5.57 Å². The molecule has 3 aromatic rings. The van der Waals surface area contributed by atoms with Gasteiger partial charge < -0.3 is 10.1 Å². The van der Waals surface area contributed by atoms with Gasteiger partial charge in [0.05, 0.1) is 27.6 Å². The summed E-state index contributed by atoms with van der Waals surface area (Å²) in [5, 5.41) is 3.26. The number of hydrogen-bond donors (Lipinski definition) is 1. The zero-order chi connectivity index (χ0) is 17.6. The van der Waals surface area contributed by atoms with E-state index < -0.39 is 0 Å². The van der Waals surface area contributed by atoms with Crippen LogP contribution in [0.2, 0.25) is 0 Å². The third-order valence-electron chi connectivity index (χ3n) is 4.12. The molecule has 128 valence electrons. The van der Waals surface area contributed by atoms with E-state index in [2.05, 4.69) is 14.7 Å². The second-order valence-corrected chi connectivity index (χ2v) is 7.09. The number of allylic oxidation sites excluding steroid dienone is 1. The Bertz CT molecular complexity index is 972. The van der Waals surface area contributed by atoms with Crippen LogP contribution < -0.4 is 5.32 Å². The third-order valence-corrected chi connectivity index (χ3v) is 4.92. The number of para-hydroxylation sites is 2. The number of anilines is 1. The van der Waals surface area contributed by atoms with Gasteiger partial charge in [0, 0.05) is 11.9 Å². The van der Waals surface area contributed by atoms with Crippen LogP contribution in [0.25, 0.3) is 11.0 Å². The maximum atomic E-state index is 12.8. The highest BCUT2D eigenvalue weighted by atomic mass is 32.1. The summed E-state index contributed by atoms with van der Waals surface area (Å²) in [4.78, 5) is 18.5. The quantitative estimate of drug-likeness (QED) is 0.726. The van der Waals surface area contributed by atoms with Gasteiger partial charge in [0.15, 0.2) is 0 Å². The lowest BCUT2D eigenvalue weighted by atomic mass is 10.0. The normalized spacial score (nSPS) is 16.9. The largest absolute Gasteiger partial charge is 0.459 e. The van der Waals surface area contributed by atoms with Crippen LogP contribution in [0.5, 0.6) is 0 Å². The van der Waals surface area contributed by atoms with Crippen molar-refractivity contribution in [2.24, 2.45) is 0 Å². The van der Waals surface area contributed by atoms with Gasteiger partial charge in [-0.3, -0.25) is 4.57 Å². The van der Waals surface area contributed by atoms with Crippen LogP contribution in [0.1, 0.15) is 31.7 Å². The average molecular weight is 354 g/mol. The SMILES string of the molecule is CC1=C(C(=O)OC(C)C)C(c2ccns2)n2c(nc3ccccc32)N1. The monoisotopic (exact) mass is 354 g/mol. The van der Waals surface area contributed by atoms with Gasteiger partial charge in [0.25, 0.3) is 0 Å². The summed E-state index contributed by atoms with van der Waals surface area (Å²) in [6.45, 7) is 5.58. The Hall–Kier alpha value is -2.67. The number of aromatic nitrogens is 3. The van der Waals surface area contributed by atoms with Crippen molar-refractivity contribution in [1.82, 2.24) is 13.9 Å². The van der Waals surface area contributed by atoms with Gasteiger partial charge in [-0.2, -0.15) is 0 Å². The molecule has 0 aliphatic carbocycles. The predicted molar refractivity (Wildman–Crippen MR) is 97.5 cm³/mol. The molecule has 0 spiro atoms. The van der Waals surface area contributed by atoms with Crippen molar-refractivity contribution < 1.29 is 9.53 Å². The minimum Gasteiger partial charge on any atom is -0.459 e. The van der Waals surface area contributed by atoms with Gasteiger partial charge >= 0.3 is 5.97 Å². The molecule has 1 aliphatic heterocycles. The lowest BCUT2D eigenvalue weighted by Crippen LogP contribution is -2.29. The van der Waals surface area contributed by atoms with Gasteiger partial charge in [0.2, 0.25) is 5.95 Å². The molecule has 1 aliphatic rings. The zero-order valence-electron chi connectivity index (χ0n) is 14.2. The Balaban J connectivity index is 1.94. The lowest BCUT2D eigenvalue weighted by molar-refractivity contribution is -0.143. The van der Waals surface area contributed by atoms with Crippen LogP contribution in [0.4, 0.5) is 5.95 Å². The minimum atomic E-state index is -0.318. The van der Waals surface area contributed by atoms with Crippen LogP contribution in [0.15, 0.2) is 47.8 Å². The summed E-state index contributed by atoms with van der Waals surface area (Å²) in [7, 11) is 0. The Labute approximate surface area is 149 Å². The second-order valence-electron chi connectivity index (χ2n) is 6.23. The zero-order valence-corrected chi connectivity index (χ0v) is 15.0. The molecule has 0 bridgehead atoms. The number of nitrogens with zero attached hydrogens (tertiary/aromatic N) is 3. The van der Waals surface area contributed by atoms with E-state index in [-0.39, 0.29) is 18.1 Å². The summed E-state index contributed by atoms with van der Waals surface area (Å²) in [5.74, 6) is 0.403. The minimum absolute atomic E-state index is 0.184. The molecule has 1 aromatic carbocycles. The molecule has 0 saturated carbocycles. The molecule has 0 saturated heterocycles. The molecule has 3 heterocycles. The summed E-state index contributed by atoms with van der Waals surface area (Å²) in [6.07, 6.45) is 1.57. The van der Waals surface area contributed by atoms with Crippen molar-refractivity contribution in [2.45, 2.75) is 32.9 Å². The summed E-state index contributed by atoms with van der Waals surface area (Å²) in [6, 6.07) is 9.54. The summed E-state index contributed by atoms with van der Waals surface area (Å²) < 4.78 is 11.8. The second kappa shape index (κ2) is 6.00. The standard InChI is InChI=1S/C18H18N4O2S/c1-10(2)24-17(23)15-11(3)20-18-21-12-6-4-5-7-13(12)22(18)16(15)14-8-9-19-25-14/h4-10,16H,1-3H3,(H,20,21). The number of hydrogen-bond acceptors (Lipinski definition) is 6. The first-order valence-electron chi connectivity index (χ1n) is 8.12. The number of nitrogens with one attached hydrogen (secondary N) is 1. The molecule has 1 N–H and O–H groups in total. The van der Waals surface area contributed by atoms with Crippen LogP contribution in [-0.2, 0) is 9.53 Å². The average Bonchev–Trinajstić information content (AvgIpc) is 3.20. The lowest BCUT2D eigenvalue weighted by Gasteiger charge is -2.29. The Morgan fingerprint density at radius 2 is 2.12 bits per heavy atom. The van der Waals surface area contributed by atoms with Gasteiger partial charge in [-0.25, -0.2) is 14.2 Å². The Morgan fingerprint density at radius 1 is 1.32 bits per heavy atom. The highest BCUT2D eigenvalue weighted by Gasteiger charge is 2.36. The fourth-order valence-electron chi connectivity index (χ4n) is 3.14. The fraction of sp³-hybridized carbons (Fsp3) is 0.278. The van der Waals surface area contributed by atoms with Crippen molar-refractivity contribution in [1.29, 1.82) is 0 Å². The maximum Gasteiger partial charge on any atom is 0.338 e. The van der Waals surface area contributed by atoms with Gasteiger partial charge in [0.1, 0.15) is 6.04 Å². The van der Waals surface area contributed by atoms with Crippen LogP contribution in [-0.4, -0.2) is 26.0 Å². The van der Waals surface area contributed by atoms with Gasteiger partial charge in [-0.15, -0.1) is 0 Å². The molecule has 0 amide bonds. The van der Waals surface area contributed by atoms with Gasteiger partial charge in [-0.05, 0) is 50.5 Å². The molecule has 4 rings (SSSR count). The molecular formula is C18H18N4O2S. The molecule has 7 heteroatoms. The number of imidazole rings is 1. The van der Waals surface area contributed by atoms with E-state index in [1.54, 1.807) is 6.20 Å². The van der Waals surface area contributed by atoms with Gasteiger partial charge in [-0.1, -0.05) is 12.1 Å². The van der Waals surface area contributed by atoms with Crippen LogP contribution >= 0.6 is 11.5 Å². The van der Waals surface area contributed by atoms with Crippen molar-refractivity contribution >= 4 is 34.5 Å². The Kier molecular flexibility index (Phi) is 3.80. The van der Waals surface area contributed by atoms with E-state index >= 15 is 0 Å². The molecule has 1 unspecified atom stereocenters. The maximum absolute atomic E-state index is 12.8. The van der Waals surface area contributed by atoms with E-state index in [4.69, 9.17) is 4.74 Å². The van der Waals surface area contributed by atoms with Crippen molar-refractivity contribution in [3.8, 4) is 0 Å². The number of ether oxygens (including phenoxy) is 1. The predicted octanol–water partition coefficient (Wildman–Crippen LogP) is 3.73. The van der Waals surface area contributed by atoms with E-state index in [1.165, 1.54) is 11.5 Å². The number of fused-ring (bicyclic) bond motifs is 3. The summed E-state index contributed by atoms with van der Waals surface area (Å²) in [5.41, 5.74) is 3.19. The first-order chi connectivity index (χ1) is 12.1. The molecule has 2 aromatic heterocycles. The van der Waals surface area contributed by atoms with E-state index in [9.17, 15) is 4.79 Å². The number of esters is 1. The van der Waals surface area contributed by atoms with Crippen molar-refractivity contribution in [3.05, 3.63) is 52.7 Å². The number of carbonyl (C=O) groups excluding carboxylic acids is 1. The highest BCUT2D eigenvalue weighted by Crippen LogP contribution is 2.40. The summed E-state index contributed by atoms with van der Waals surface area (Å²) >= 11 is 1.38. The molecular weight excluding hydrogens is 336 g/mol. The first-order valence-corrected chi connectivity index (χ1v) is 8.90.